The van der Waals surface area contributed by atoms with E-state index in [1.807, 2.05) is 0 Å². The third-order valence-corrected chi connectivity index (χ3v) is 3.87. The molecule has 9 heteroatoms. The molecule has 0 heterocycles. The van der Waals surface area contributed by atoms with E-state index < -0.39 is 35.7 Å². The molecule has 2 aromatic rings. The summed E-state index contributed by atoms with van der Waals surface area (Å²) in [6.07, 6.45) is -5.65. The van der Waals surface area contributed by atoms with E-state index in [1.165, 1.54) is 48.8 Å². The molecule has 2 aromatic carbocycles. The van der Waals surface area contributed by atoms with Gasteiger partial charge in [-0.3, -0.25) is 14.8 Å². The molecule has 0 aliphatic heterocycles. The maximum absolute atomic E-state index is 12.5. The third-order valence-electron chi connectivity index (χ3n) is 3.87. The zero-order valence-corrected chi connectivity index (χ0v) is 15.1. The molecule has 0 saturated carbocycles. The van der Waals surface area contributed by atoms with Gasteiger partial charge >= 0.3 is 6.18 Å². The number of hydrogen-bond donors (Lipinski definition) is 4. The number of hydroxylamine groups is 1. The highest BCUT2D eigenvalue weighted by atomic mass is 19.4. The fourth-order valence-corrected chi connectivity index (χ4v) is 2.29. The Bertz CT molecular complexity index is 927. The van der Waals surface area contributed by atoms with E-state index in [-0.39, 0.29) is 5.56 Å². The molecule has 2 atom stereocenters. The summed E-state index contributed by atoms with van der Waals surface area (Å²) in [6.45, 7) is 1.28. The summed E-state index contributed by atoms with van der Waals surface area (Å²) < 4.78 is 37.6. The minimum atomic E-state index is -4.41. The van der Waals surface area contributed by atoms with Crippen LogP contribution in [0.1, 0.15) is 34.0 Å². The van der Waals surface area contributed by atoms with Crippen LogP contribution in [0.25, 0.3) is 0 Å². The molecule has 2 unspecified atom stereocenters. The summed E-state index contributed by atoms with van der Waals surface area (Å²) in [7, 11) is 0. The Morgan fingerprint density at radius 1 is 0.966 bits per heavy atom. The largest absolute Gasteiger partial charge is 0.416 e. The van der Waals surface area contributed by atoms with Crippen LogP contribution in [0, 0.1) is 11.8 Å². The number of amides is 2. The van der Waals surface area contributed by atoms with Gasteiger partial charge in [-0.25, -0.2) is 5.48 Å². The van der Waals surface area contributed by atoms with E-state index in [0.29, 0.717) is 11.1 Å². The first-order valence-corrected chi connectivity index (χ1v) is 8.34. The third kappa shape index (κ3) is 6.07. The van der Waals surface area contributed by atoms with Crippen LogP contribution in [0.5, 0.6) is 0 Å². The molecular weight excluding hydrogens is 389 g/mol. The van der Waals surface area contributed by atoms with Gasteiger partial charge in [-0.2, -0.15) is 13.2 Å². The van der Waals surface area contributed by atoms with Crippen molar-refractivity contribution >= 4 is 11.8 Å². The molecule has 4 N–H and O–H groups in total. The lowest BCUT2D eigenvalue weighted by molar-refractivity contribution is -0.137. The first-order valence-electron chi connectivity index (χ1n) is 8.34. The first-order chi connectivity index (χ1) is 13.6. The van der Waals surface area contributed by atoms with Gasteiger partial charge < -0.3 is 10.4 Å². The number of nitrogens with one attached hydrogen (secondary N) is 2. The molecule has 29 heavy (non-hydrogen) atoms. The Hall–Kier alpha value is -3.35. The van der Waals surface area contributed by atoms with Gasteiger partial charge in [0.2, 0.25) is 0 Å². The number of benzene rings is 2. The summed E-state index contributed by atoms with van der Waals surface area (Å²) in [5, 5.41) is 20.5. The summed E-state index contributed by atoms with van der Waals surface area (Å²) in [4.78, 5) is 23.6. The predicted octanol–water partition coefficient (Wildman–Crippen LogP) is 2.09. The molecule has 2 rings (SSSR count). The second-order valence-corrected chi connectivity index (χ2v) is 6.07. The molecule has 0 fully saturated rings. The number of alkyl halides is 3. The van der Waals surface area contributed by atoms with E-state index >= 15 is 0 Å². The number of carbonyl (C=O) groups excluding carboxylic acids is 2. The molecule has 2 amide bonds. The van der Waals surface area contributed by atoms with Gasteiger partial charge in [0.05, 0.1) is 11.7 Å². The molecule has 0 bridgehead atoms. The lowest BCUT2D eigenvalue weighted by atomic mass is 10.1. The van der Waals surface area contributed by atoms with Crippen molar-refractivity contribution in [1.29, 1.82) is 0 Å². The SMILES string of the molecule is CC(O)C(NC(=O)c1ccc(C#Cc2ccc(C(F)(F)F)cc2)cc1)C(=O)NO. The van der Waals surface area contributed by atoms with Crippen molar-refractivity contribution in [2.75, 3.05) is 0 Å². The summed E-state index contributed by atoms with van der Waals surface area (Å²) in [5.74, 6) is 3.88. The molecule has 6 nitrogen and oxygen atoms in total. The highest BCUT2D eigenvalue weighted by molar-refractivity contribution is 5.97. The average molecular weight is 406 g/mol. The predicted molar refractivity (Wildman–Crippen MR) is 96.7 cm³/mol. The van der Waals surface area contributed by atoms with Crippen LogP contribution in [0.2, 0.25) is 0 Å². The van der Waals surface area contributed by atoms with Gasteiger partial charge in [-0.05, 0) is 55.5 Å². The number of aliphatic hydroxyl groups is 1. The Labute approximate surface area is 164 Å². The maximum atomic E-state index is 12.5. The minimum Gasteiger partial charge on any atom is -0.391 e. The monoisotopic (exact) mass is 406 g/mol. The minimum absolute atomic E-state index is 0.182. The van der Waals surface area contributed by atoms with Crippen molar-refractivity contribution in [3.63, 3.8) is 0 Å². The molecule has 0 aliphatic rings. The topological polar surface area (TPSA) is 98.7 Å². The van der Waals surface area contributed by atoms with Gasteiger partial charge in [0.15, 0.2) is 0 Å². The van der Waals surface area contributed by atoms with E-state index in [2.05, 4.69) is 17.2 Å². The number of rotatable bonds is 4. The Morgan fingerprint density at radius 3 is 1.86 bits per heavy atom. The highest BCUT2D eigenvalue weighted by Gasteiger charge is 2.29. The molecule has 0 aliphatic carbocycles. The van der Waals surface area contributed by atoms with Crippen molar-refractivity contribution in [1.82, 2.24) is 10.8 Å². The van der Waals surface area contributed by atoms with Crippen LogP contribution in [-0.2, 0) is 11.0 Å². The zero-order chi connectivity index (χ0) is 21.6. The van der Waals surface area contributed by atoms with Crippen molar-refractivity contribution < 1.29 is 33.1 Å². The highest BCUT2D eigenvalue weighted by Crippen LogP contribution is 2.28. The molecule has 0 radical (unpaired) electrons. The van der Waals surface area contributed by atoms with Gasteiger partial charge in [0.25, 0.3) is 11.8 Å². The lowest BCUT2D eigenvalue weighted by Gasteiger charge is -2.19. The quantitative estimate of drug-likeness (QED) is 0.355. The summed E-state index contributed by atoms with van der Waals surface area (Å²) >= 11 is 0. The van der Waals surface area contributed by atoms with E-state index in [0.717, 1.165) is 12.1 Å². The Balaban J connectivity index is 2.08. The van der Waals surface area contributed by atoms with Crippen molar-refractivity contribution in [2.24, 2.45) is 0 Å². The molecule has 0 aromatic heterocycles. The molecule has 0 saturated heterocycles. The van der Waals surface area contributed by atoms with Gasteiger partial charge in [0.1, 0.15) is 6.04 Å². The lowest BCUT2D eigenvalue weighted by Crippen LogP contribution is -2.51. The van der Waals surface area contributed by atoms with Crippen LogP contribution in [0.15, 0.2) is 48.5 Å². The second-order valence-electron chi connectivity index (χ2n) is 6.07. The smallest absolute Gasteiger partial charge is 0.391 e. The molecule has 0 spiro atoms. The second kappa shape index (κ2) is 9.23. The normalized spacial score (nSPS) is 12.9. The van der Waals surface area contributed by atoms with Gasteiger partial charge in [-0.15, -0.1) is 0 Å². The van der Waals surface area contributed by atoms with Crippen molar-refractivity contribution in [3.05, 3.63) is 70.8 Å². The Kier molecular flexibility index (Phi) is 6.98. The first kappa shape index (κ1) is 21.9. The number of hydrogen-bond acceptors (Lipinski definition) is 4. The number of carbonyl (C=O) groups is 2. The van der Waals surface area contributed by atoms with E-state index in [9.17, 15) is 27.9 Å². The number of halogens is 3. The zero-order valence-electron chi connectivity index (χ0n) is 15.1. The van der Waals surface area contributed by atoms with Crippen molar-refractivity contribution in [2.45, 2.75) is 25.2 Å². The molecular formula is C20H17F3N2O4. The van der Waals surface area contributed by atoms with E-state index in [1.54, 1.807) is 0 Å². The summed E-state index contributed by atoms with van der Waals surface area (Å²) in [5.41, 5.74) is 1.70. The molecule has 152 valence electrons. The summed E-state index contributed by atoms with van der Waals surface area (Å²) in [6, 6.07) is 8.98. The van der Waals surface area contributed by atoms with Crippen LogP contribution in [0.3, 0.4) is 0 Å². The fourth-order valence-electron chi connectivity index (χ4n) is 2.29. The Morgan fingerprint density at radius 2 is 1.45 bits per heavy atom. The van der Waals surface area contributed by atoms with Crippen LogP contribution in [0.4, 0.5) is 13.2 Å². The van der Waals surface area contributed by atoms with Crippen LogP contribution in [-0.4, -0.2) is 34.3 Å². The van der Waals surface area contributed by atoms with Crippen LogP contribution < -0.4 is 10.8 Å². The van der Waals surface area contributed by atoms with E-state index in [4.69, 9.17) is 5.21 Å². The van der Waals surface area contributed by atoms with Crippen LogP contribution >= 0.6 is 0 Å². The number of aliphatic hydroxyl groups excluding tert-OH is 1. The standard InChI is InChI=1S/C20H17F3N2O4/c1-12(26)17(19(28)25-29)24-18(27)15-8-4-13(5-9-15)2-3-14-6-10-16(11-7-14)20(21,22)23/h4-12,17,26,29H,1H3,(H,24,27)(H,25,28). The fraction of sp³-hybridized carbons (Fsp3) is 0.200. The average Bonchev–Trinajstić information content (AvgIpc) is 2.69. The van der Waals surface area contributed by atoms with Gasteiger partial charge in [0, 0.05) is 16.7 Å². The maximum Gasteiger partial charge on any atom is 0.416 e. The van der Waals surface area contributed by atoms with Gasteiger partial charge in [-0.1, -0.05) is 11.8 Å². The van der Waals surface area contributed by atoms with Crippen molar-refractivity contribution in [3.8, 4) is 11.8 Å².